The summed E-state index contributed by atoms with van der Waals surface area (Å²) < 4.78 is 39.4. The highest BCUT2D eigenvalue weighted by Gasteiger charge is 2.33. The number of sulfone groups is 1. The summed E-state index contributed by atoms with van der Waals surface area (Å²) in [5, 5.41) is 2.52. The number of ether oxygens (including phenoxy) is 2. The lowest BCUT2D eigenvalue weighted by molar-refractivity contribution is 0.281. The van der Waals surface area contributed by atoms with Crippen molar-refractivity contribution >= 4 is 9.84 Å². The van der Waals surface area contributed by atoms with E-state index < -0.39 is 15.2 Å². The molecule has 0 radical (unpaired) electrons. The van der Waals surface area contributed by atoms with Gasteiger partial charge in [0.15, 0.2) is 21.3 Å². The quantitative estimate of drug-likeness (QED) is 0.367. The maximum Gasteiger partial charge on any atom is 0.198 e. The number of benzene rings is 4. The maximum atomic E-state index is 13.9. The van der Waals surface area contributed by atoms with Gasteiger partial charge in [0.25, 0.3) is 0 Å². The molecule has 184 valence electrons. The molecule has 0 fully saturated rings. The lowest BCUT2D eigenvalue weighted by Crippen LogP contribution is -2.38. The smallest absolute Gasteiger partial charge is 0.198 e. The van der Waals surface area contributed by atoms with Gasteiger partial charge in [-0.05, 0) is 46.4 Å². The second-order valence-electron chi connectivity index (χ2n) is 8.81. The Labute approximate surface area is 212 Å². The fourth-order valence-corrected chi connectivity index (χ4v) is 6.54. The van der Waals surface area contributed by atoms with E-state index in [1.165, 1.54) is 12.7 Å². The minimum Gasteiger partial charge on any atom is -0.492 e. The summed E-state index contributed by atoms with van der Waals surface area (Å²) in [6.45, 7) is 0.880. The highest BCUT2D eigenvalue weighted by atomic mass is 32.2. The van der Waals surface area contributed by atoms with Gasteiger partial charge < -0.3 is 14.8 Å². The van der Waals surface area contributed by atoms with Crippen molar-refractivity contribution in [1.29, 1.82) is 0 Å². The Kier molecular flexibility index (Phi) is 7.07. The summed E-state index contributed by atoms with van der Waals surface area (Å²) in [5.41, 5.74) is 5.53. The third-order valence-corrected chi connectivity index (χ3v) is 8.59. The van der Waals surface area contributed by atoms with E-state index in [-0.39, 0.29) is 10.6 Å². The van der Waals surface area contributed by atoms with E-state index >= 15 is 0 Å². The van der Waals surface area contributed by atoms with Crippen molar-refractivity contribution in [3.8, 4) is 22.6 Å². The van der Waals surface area contributed by atoms with E-state index in [0.717, 1.165) is 28.7 Å². The van der Waals surface area contributed by atoms with Gasteiger partial charge in [0.1, 0.15) is 16.9 Å². The monoisotopic (exact) mass is 499 g/mol. The summed E-state index contributed by atoms with van der Waals surface area (Å²) in [4.78, 5) is 0.135. The summed E-state index contributed by atoms with van der Waals surface area (Å²) in [6, 6.07) is 31.2. The second-order valence-corrected chi connectivity index (χ2v) is 10.9. The second kappa shape index (κ2) is 10.6. The van der Waals surface area contributed by atoms with E-state index in [1.54, 1.807) is 18.2 Å². The van der Waals surface area contributed by atoms with Crippen LogP contribution in [-0.4, -0.2) is 27.4 Å². The lowest BCUT2D eigenvalue weighted by atomic mass is 9.93. The molecule has 1 aliphatic rings. The topological polar surface area (TPSA) is 64.6 Å². The van der Waals surface area contributed by atoms with Crippen molar-refractivity contribution < 1.29 is 17.9 Å². The molecule has 0 amide bonds. The van der Waals surface area contributed by atoms with Crippen LogP contribution >= 0.6 is 0 Å². The molecular weight excluding hydrogens is 470 g/mol. The van der Waals surface area contributed by atoms with Crippen molar-refractivity contribution in [2.24, 2.45) is 0 Å². The van der Waals surface area contributed by atoms with Gasteiger partial charge in [-0.2, -0.15) is 0 Å². The fourth-order valence-electron chi connectivity index (χ4n) is 4.78. The van der Waals surface area contributed by atoms with Crippen molar-refractivity contribution in [2.75, 3.05) is 13.7 Å². The molecule has 1 N–H and O–H groups in total. The molecule has 0 aliphatic carbocycles. The number of hydrogen-bond donors (Lipinski definition) is 1. The van der Waals surface area contributed by atoms with E-state index in [9.17, 15) is 8.42 Å². The molecule has 0 saturated heterocycles. The minimum absolute atomic E-state index is 0.135. The van der Waals surface area contributed by atoms with Crippen LogP contribution in [0, 0.1) is 0 Å². The van der Waals surface area contributed by atoms with E-state index in [2.05, 4.69) is 23.5 Å². The summed E-state index contributed by atoms with van der Waals surface area (Å²) in [6.07, 6.45) is 1.13. The zero-order chi connectivity index (χ0) is 25.0. The Hall–Kier alpha value is -3.61. The van der Waals surface area contributed by atoms with Gasteiger partial charge in [-0.15, -0.1) is 0 Å². The molecule has 4 aromatic rings. The summed E-state index contributed by atoms with van der Waals surface area (Å²) in [7, 11) is -2.29. The van der Waals surface area contributed by atoms with Gasteiger partial charge in [0.2, 0.25) is 0 Å². The third-order valence-electron chi connectivity index (χ3n) is 6.58. The van der Waals surface area contributed by atoms with Crippen LogP contribution in [0.3, 0.4) is 0 Å². The maximum absolute atomic E-state index is 13.9. The Morgan fingerprint density at radius 2 is 1.58 bits per heavy atom. The lowest BCUT2D eigenvalue weighted by Gasteiger charge is -2.20. The summed E-state index contributed by atoms with van der Waals surface area (Å²) in [5.74, 6) is 0.639. The van der Waals surface area contributed by atoms with Crippen molar-refractivity contribution in [2.45, 2.75) is 29.7 Å². The number of fused-ring (bicyclic) bond motifs is 1. The van der Waals surface area contributed by atoms with Crippen LogP contribution in [0.2, 0.25) is 0 Å². The molecule has 36 heavy (non-hydrogen) atoms. The predicted molar refractivity (Wildman–Crippen MR) is 142 cm³/mol. The van der Waals surface area contributed by atoms with Gasteiger partial charge >= 0.3 is 0 Å². The van der Waals surface area contributed by atoms with Crippen molar-refractivity contribution in [3.63, 3.8) is 0 Å². The first-order valence-corrected chi connectivity index (χ1v) is 13.6. The number of methoxy groups -OCH3 is 1. The molecule has 5 nitrogen and oxygen atoms in total. The van der Waals surface area contributed by atoms with Gasteiger partial charge in [0.05, 0.1) is 7.11 Å². The minimum atomic E-state index is -3.77. The number of nitrogens with one attached hydrogen (secondary N) is 1. The van der Waals surface area contributed by atoms with Crippen LogP contribution in [0.5, 0.6) is 11.5 Å². The molecule has 1 aliphatic heterocycles. The zero-order valence-corrected chi connectivity index (χ0v) is 21.0. The Bertz CT molecular complexity index is 1440. The molecule has 0 bridgehead atoms. The van der Waals surface area contributed by atoms with E-state index in [4.69, 9.17) is 9.47 Å². The average molecular weight is 500 g/mol. The SMILES string of the molecule is COc1c(OCc2ccccc2)cccc1S(=O)(=O)C1Cc2cccc(-c3ccccc3)c2CCN1. The first-order chi connectivity index (χ1) is 17.6. The van der Waals surface area contributed by atoms with Crippen LogP contribution in [0.4, 0.5) is 0 Å². The Morgan fingerprint density at radius 1 is 0.861 bits per heavy atom. The van der Waals surface area contributed by atoms with Gasteiger partial charge in [-0.3, -0.25) is 0 Å². The Morgan fingerprint density at radius 3 is 2.33 bits per heavy atom. The zero-order valence-electron chi connectivity index (χ0n) is 20.2. The average Bonchev–Trinajstić information content (AvgIpc) is 3.16. The highest BCUT2D eigenvalue weighted by molar-refractivity contribution is 7.92. The van der Waals surface area contributed by atoms with Crippen LogP contribution in [0.1, 0.15) is 16.7 Å². The predicted octanol–water partition coefficient (Wildman–Crippen LogP) is 5.43. The molecular formula is C30H29NO4S. The third kappa shape index (κ3) is 4.87. The molecule has 1 unspecified atom stereocenters. The van der Waals surface area contributed by atoms with Gasteiger partial charge in [-0.1, -0.05) is 84.9 Å². The first kappa shape index (κ1) is 24.1. The molecule has 0 spiro atoms. The normalized spacial score (nSPS) is 15.5. The fraction of sp³-hybridized carbons (Fsp3) is 0.200. The molecule has 5 rings (SSSR count). The van der Waals surface area contributed by atoms with Crippen LogP contribution in [-0.2, 0) is 29.3 Å². The first-order valence-electron chi connectivity index (χ1n) is 12.0. The molecule has 0 saturated carbocycles. The van der Waals surface area contributed by atoms with Crippen LogP contribution < -0.4 is 14.8 Å². The largest absolute Gasteiger partial charge is 0.492 e. The molecule has 4 aromatic carbocycles. The van der Waals surface area contributed by atoms with Gasteiger partial charge in [-0.25, -0.2) is 8.42 Å². The van der Waals surface area contributed by atoms with Crippen LogP contribution in [0.15, 0.2) is 102 Å². The standard InChI is InChI=1S/C30H29NO4S/c1-34-30-27(35-21-22-10-4-2-5-11-22)16-9-17-28(30)36(32,33)29-20-24-14-8-15-25(26(24)18-19-31-29)23-12-6-3-7-13-23/h2-17,29,31H,18-21H2,1H3. The van der Waals surface area contributed by atoms with E-state index in [1.807, 2.05) is 60.7 Å². The van der Waals surface area contributed by atoms with Crippen LogP contribution in [0.25, 0.3) is 11.1 Å². The number of hydrogen-bond acceptors (Lipinski definition) is 5. The number of rotatable bonds is 7. The Balaban J connectivity index is 1.45. The van der Waals surface area contributed by atoms with Crippen molar-refractivity contribution in [1.82, 2.24) is 5.32 Å². The van der Waals surface area contributed by atoms with Crippen molar-refractivity contribution in [3.05, 3.63) is 114 Å². The van der Waals surface area contributed by atoms with E-state index in [0.29, 0.717) is 25.3 Å². The van der Waals surface area contributed by atoms with Gasteiger partial charge in [0, 0.05) is 13.0 Å². The summed E-state index contributed by atoms with van der Waals surface area (Å²) >= 11 is 0. The molecule has 1 atom stereocenters. The molecule has 0 aromatic heterocycles. The number of para-hydroxylation sites is 1. The molecule has 1 heterocycles. The highest BCUT2D eigenvalue weighted by Crippen LogP contribution is 2.37. The molecule has 6 heteroatoms.